The van der Waals surface area contributed by atoms with Gasteiger partial charge in [0.25, 0.3) is 0 Å². The van der Waals surface area contributed by atoms with Crippen molar-refractivity contribution in [1.82, 2.24) is 10.6 Å². The second-order valence-electron chi connectivity index (χ2n) is 5.03. The lowest BCUT2D eigenvalue weighted by Crippen LogP contribution is -2.42. The van der Waals surface area contributed by atoms with E-state index in [0.717, 1.165) is 0 Å². The zero-order valence-corrected chi connectivity index (χ0v) is 11.5. The molecule has 1 aromatic carbocycles. The Bertz CT molecular complexity index is 574. The van der Waals surface area contributed by atoms with E-state index >= 15 is 0 Å². The maximum absolute atomic E-state index is 13.6. The van der Waals surface area contributed by atoms with Gasteiger partial charge in [-0.05, 0) is 19.4 Å². The molecule has 3 unspecified atom stereocenters. The first-order valence-corrected chi connectivity index (χ1v) is 6.70. The fraction of sp³-hybridized carbons (Fsp3) is 0.333. The Morgan fingerprint density at radius 3 is 2.67 bits per heavy atom. The van der Waals surface area contributed by atoms with Crippen molar-refractivity contribution in [2.45, 2.75) is 25.4 Å². The molecule has 0 bridgehead atoms. The molecule has 2 amide bonds. The molecule has 0 aliphatic heterocycles. The molecule has 0 aromatic heterocycles. The standard InChI is InChI=1S/C15H17FN2O3/c1-9(12-4-2-3-5-13(12)16)17-15(21)18-11-7-6-10(8-11)14(19)20/h2-7,9-11H,8H2,1H3,(H,19,20)(H2,17,18,21). The highest BCUT2D eigenvalue weighted by Gasteiger charge is 2.25. The van der Waals surface area contributed by atoms with Crippen LogP contribution in [0.1, 0.15) is 24.9 Å². The molecule has 21 heavy (non-hydrogen) atoms. The number of nitrogens with one attached hydrogen (secondary N) is 2. The lowest BCUT2D eigenvalue weighted by Gasteiger charge is -2.18. The normalized spacial score (nSPS) is 21.8. The summed E-state index contributed by atoms with van der Waals surface area (Å²) >= 11 is 0. The molecule has 1 aromatic rings. The third-order valence-electron chi connectivity index (χ3n) is 3.44. The molecule has 0 saturated heterocycles. The maximum Gasteiger partial charge on any atom is 0.315 e. The average Bonchev–Trinajstić information content (AvgIpc) is 2.87. The lowest BCUT2D eigenvalue weighted by molar-refractivity contribution is -0.140. The molecule has 0 radical (unpaired) electrons. The van der Waals surface area contributed by atoms with Crippen LogP contribution in [0, 0.1) is 11.7 Å². The molecule has 3 atom stereocenters. The number of carbonyl (C=O) groups is 2. The van der Waals surface area contributed by atoms with E-state index in [1.54, 1.807) is 37.3 Å². The highest BCUT2D eigenvalue weighted by atomic mass is 19.1. The van der Waals surface area contributed by atoms with Crippen LogP contribution >= 0.6 is 0 Å². The number of carbonyl (C=O) groups excluding carboxylic acids is 1. The summed E-state index contributed by atoms with van der Waals surface area (Å²) in [4.78, 5) is 22.7. The monoisotopic (exact) mass is 292 g/mol. The Morgan fingerprint density at radius 2 is 2.05 bits per heavy atom. The number of benzene rings is 1. The van der Waals surface area contributed by atoms with E-state index in [0.29, 0.717) is 12.0 Å². The minimum absolute atomic E-state index is 0.320. The number of aliphatic carboxylic acids is 1. The predicted molar refractivity (Wildman–Crippen MR) is 75.2 cm³/mol. The SMILES string of the molecule is CC(NC(=O)NC1C=CC(C(=O)O)C1)c1ccccc1F. The molecule has 1 aliphatic carbocycles. The first-order valence-electron chi connectivity index (χ1n) is 6.70. The van der Waals surface area contributed by atoms with Crippen molar-refractivity contribution in [1.29, 1.82) is 0 Å². The van der Waals surface area contributed by atoms with E-state index in [4.69, 9.17) is 5.11 Å². The van der Waals surface area contributed by atoms with Crippen LogP contribution < -0.4 is 10.6 Å². The van der Waals surface area contributed by atoms with Gasteiger partial charge in [-0.25, -0.2) is 9.18 Å². The topological polar surface area (TPSA) is 78.4 Å². The van der Waals surface area contributed by atoms with E-state index in [9.17, 15) is 14.0 Å². The van der Waals surface area contributed by atoms with Crippen molar-refractivity contribution in [3.05, 3.63) is 47.8 Å². The van der Waals surface area contributed by atoms with E-state index in [2.05, 4.69) is 10.6 Å². The van der Waals surface area contributed by atoms with Gasteiger partial charge in [0.2, 0.25) is 0 Å². The quantitative estimate of drug-likeness (QED) is 0.744. The fourth-order valence-corrected chi connectivity index (χ4v) is 2.30. The van der Waals surface area contributed by atoms with Gasteiger partial charge in [-0.15, -0.1) is 0 Å². The van der Waals surface area contributed by atoms with E-state index < -0.39 is 24.0 Å². The number of carboxylic acids is 1. The molecule has 0 spiro atoms. The summed E-state index contributed by atoms with van der Waals surface area (Å²) in [5.41, 5.74) is 0.401. The molecule has 1 aliphatic rings. The molecule has 0 fully saturated rings. The van der Waals surface area contributed by atoms with Crippen LogP contribution in [0.5, 0.6) is 0 Å². The largest absolute Gasteiger partial charge is 0.481 e. The van der Waals surface area contributed by atoms with Crippen LogP contribution in [0.4, 0.5) is 9.18 Å². The summed E-state index contributed by atoms with van der Waals surface area (Å²) in [6.45, 7) is 1.68. The van der Waals surface area contributed by atoms with E-state index in [1.807, 2.05) is 0 Å². The molecule has 5 nitrogen and oxygen atoms in total. The number of halogens is 1. The van der Waals surface area contributed by atoms with Gasteiger partial charge >= 0.3 is 12.0 Å². The van der Waals surface area contributed by atoms with E-state index in [1.165, 1.54) is 6.07 Å². The Labute approximate surface area is 121 Å². The van der Waals surface area contributed by atoms with Crippen molar-refractivity contribution < 1.29 is 19.1 Å². The molecular weight excluding hydrogens is 275 g/mol. The van der Waals surface area contributed by atoms with Crippen molar-refractivity contribution in [3.8, 4) is 0 Å². The first kappa shape index (κ1) is 15.0. The number of rotatable bonds is 4. The number of hydrogen-bond acceptors (Lipinski definition) is 2. The molecule has 2 rings (SSSR count). The molecule has 0 saturated carbocycles. The number of amides is 2. The average molecular weight is 292 g/mol. The van der Waals surface area contributed by atoms with Gasteiger partial charge in [-0.2, -0.15) is 0 Å². The second-order valence-corrected chi connectivity index (χ2v) is 5.03. The third kappa shape index (κ3) is 3.81. The first-order chi connectivity index (χ1) is 9.97. The van der Waals surface area contributed by atoms with Crippen LogP contribution in [-0.2, 0) is 4.79 Å². The van der Waals surface area contributed by atoms with Crippen LogP contribution in [0.2, 0.25) is 0 Å². The van der Waals surface area contributed by atoms with E-state index in [-0.39, 0.29) is 11.9 Å². The summed E-state index contributed by atoms with van der Waals surface area (Å²) in [5, 5.41) is 14.2. The number of carboxylic acid groups (broad SMARTS) is 1. The van der Waals surface area contributed by atoms with Crippen LogP contribution in [0.25, 0.3) is 0 Å². The van der Waals surface area contributed by atoms with Crippen molar-refractivity contribution in [2.24, 2.45) is 5.92 Å². The second kappa shape index (κ2) is 6.39. The smallest absolute Gasteiger partial charge is 0.315 e. The maximum atomic E-state index is 13.6. The fourth-order valence-electron chi connectivity index (χ4n) is 2.30. The van der Waals surface area contributed by atoms with Crippen molar-refractivity contribution in [2.75, 3.05) is 0 Å². The number of urea groups is 1. The van der Waals surface area contributed by atoms with Crippen LogP contribution in [-0.4, -0.2) is 23.1 Å². The summed E-state index contributed by atoms with van der Waals surface area (Å²) in [7, 11) is 0. The summed E-state index contributed by atoms with van der Waals surface area (Å²) in [6.07, 6.45) is 3.55. The highest BCUT2D eigenvalue weighted by molar-refractivity contribution is 5.76. The van der Waals surface area contributed by atoms with Crippen LogP contribution in [0.3, 0.4) is 0 Å². The number of hydrogen-bond donors (Lipinski definition) is 3. The summed E-state index contributed by atoms with van der Waals surface area (Å²) in [6, 6.07) is 4.98. The van der Waals surface area contributed by atoms with Crippen molar-refractivity contribution in [3.63, 3.8) is 0 Å². The van der Waals surface area contributed by atoms with Crippen molar-refractivity contribution >= 4 is 12.0 Å². The van der Waals surface area contributed by atoms with Gasteiger partial charge < -0.3 is 15.7 Å². The zero-order chi connectivity index (χ0) is 15.4. The molecule has 112 valence electrons. The third-order valence-corrected chi connectivity index (χ3v) is 3.44. The van der Waals surface area contributed by atoms with Gasteiger partial charge in [0.15, 0.2) is 0 Å². The Balaban J connectivity index is 1.87. The highest BCUT2D eigenvalue weighted by Crippen LogP contribution is 2.19. The minimum Gasteiger partial charge on any atom is -0.481 e. The molecule has 6 heteroatoms. The van der Waals surface area contributed by atoms with Gasteiger partial charge in [0.1, 0.15) is 5.82 Å². The molecular formula is C15H17FN2O3. The predicted octanol–water partition coefficient (Wildman–Crippen LogP) is 2.22. The Morgan fingerprint density at radius 1 is 1.33 bits per heavy atom. The summed E-state index contributed by atoms with van der Waals surface area (Å²) in [5.74, 6) is -1.85. The van der Waals surface area contributed by atoms with Gasteiger partial charge in [-0.1, -0.05) is 30.4 Å². The lowest BCUT2D eigenvalue weighted by atomic mass is 10.1. The Hall–Kier alpha value is -2.37. The zero-order valence-electron chi connectivity index (χ0n) is 11.5. The molecule has 0 heterocycles. The summed E-state index contributed by atoms with van der Waals surface area (Å²) < 4.78 is 13.6. The van der Waals surface area contributed by atoms with Gasteiger partial charge in [-0.3, -0.25) is 4.79 Å². The van der Waals surface area contributed by atoms with Gasteiger partial charge in [0.05, 0.1) is 18.0 Å². The van der Waals surface area contributed by atoms with Crippen LogP contribution in [0.15, 0.2) is 36.4 Å². The molecule has 3 N–H and O–H groups in total. The minimum atomic E-state index is -0.907. The Kier molecular flexibility index (Phi) is 4.57. The van der Waals surface area contributed by atoms with Gasteiger partial charge in [0, 0.05) is 5.56 Å².